The third-order valence-corrected chi connectivity index (χ3v) is 5.60. The molecule has 3 aromatic heterocycles. The summed E-state index contributed by atoms with van der Waals surface area (Å²) in [6, 6.07) is 11.4. The molecule has 1 aromatic carbocycles. The molecule has 4 heterocycles. The molecule has 0 bridgehead atoms. The average Bonchev–Trinajstić information content (AvgIpc) is 3.14. The van der Waals surface area contributed by atoms with Crippen molar-refractivity contribution in [2.75, 3.05) is 23.3 Å². The smallest absolute Gasteiger partial charge is 0.406 e. The van der Waals surface area contributed by atoms with E-state index < -0.39 is 23.8 Å². The van der Waals surface area contributed by atoms with Gasteiger partial charge in [-0.15, -0.1) is 13.2 Å². The molecule has 1 fully saturated rings. The molecular weight excluding hydrogens is 482 g/mol. The maximum absolute atomic E-state index is 13.8. The Hall–Kier alpha value is -4.19. The van der Waals surface area contributed by atoms with Crippen LogP contribution in [0.4, 0.5) is 29.1 Å². The number of fused-ring (bicyclic) bond motifs is 1. The molecule has 1 amide bonds. The number of alkyl halides is 3. The number of halogens is 4. The summed E-state index contributed by atoms with van der Waals surface area (Å²) in [5.74, 6) is -0.872. The van der Waals surface area contributed by atoms with Crippen LogP contribution < -0.4 is 15.0 Å². The Labute approximate surface area is 201 Å². The maximum Gasteiger partial charge on any atom is 0.573 e. The largest absolute Gasteiger partial charge is 0.573 e. The summed E-state index contributed by atoms with van der Waals surface area (Å²) in [5.41, 5.74) is 1.23. The van der Waals surface area contributed by atoms with Crippen molar-refractivity contribution in [3.05, 3.63) is 78.0 Å². The van der Waals surface area contributed by atoms with E-state index in [2.05, 4.69) is 20.0 Å². The zero-order chi connectivity index (χ0) is 25.4. The van der Waals surface area contributed by atoms with Gasteiger partial charge in [-0.05, 0) is 42.0 Å². The molecule has 0 aliphatic carbocycles. The quantitative estimate of drug-likeness (QED) is 0.389. The van der Waals surface area contributed by atoms with E-state index in [1.165, 1.54) is 41.1 Å². The fourth-order valence-corrected chi connectivity index (χ4v) is 3.98. The second kappa shape index (κ2) is 9.11. The highest BCUT2D eigenvalue weighted by Crippen LogP contribution is 2.26. The number of aliphatic hydroxyl groups excluding tert-OH is 1. The normalized spacial score (nSPS) is 14.1. The number of hydrogen-bond acceptors (Lipinski definition) is 6. The van der Waals surface area contributed by atoms with Crippen molar-refractivity contribution in [2.24, 2.45) is 0 Å². The minimum Gasteiger partial charge on any atom is -0.406 e. The second-order valence-electron chi connectivity index (χ2n) is 8.30. The van der Waals surface area contributed by atoms with Gasteiger partial charge < -0.3 is 24.6 Å². The molecule has 0 unspecified atom stereocenters. The van der Waals surface area contributed by atoms with Gasteiger partial charge in [0.25, 0.3) is 5.91 Å². The van der Waals surface area contributed by atoms with E-state index in [4.69, 9.17) is 0 Å². The number of anilines is 2. The van der Waals surface area contributed by atoms with Crippen LogP contribution in [0.2, 0.25) is 0 Å². The van der Waals surface area contributed by atoms with Crippen molar-refractivity contribution in [1.82, 2.24) is 14.5 Å². The van der Waals surface area contributed by atoms with Gasteiger partial charge in [-0.1, -0.05) is 12.1 Å². The lowest BCUT2D eigenvalue weighted by Crippen LogP contribution is -2.51. The third kappa shape index (κ3) is 5.08. The Morgan fingerprint density at radius 1 is 1.11 bits per heavy atom. The first-order valence-corrected chi connectivity index (χ1v) is 10.8. The summed E-state index contributed by atoms with van der Waals surface area (Å²) in [6.07, 6.45) is -2.76. The molecule has 1 saturated heterocycles. The Kier molecular flexibility index (Phi) is 5.96. The highest BCUT2D eigenvalue weighted by Gasteiger charge is 2.31. The predicted octanol–water partition coefficient (Wildman–Crippen LogP) is 3.95. The van der Waals surface area contributed by atoms with Gasteiger partial charge in [-0.3, -0.25) is 4.79 Å². The van der Waals surface area contributed by atoms with Gasteiger partial charge in [0.1, 0.15) is 28.7 Å². The number of aliphatic hydroxyl groups is 1. The van der Waals surface area contributed by atoms with E-state index >= 15 is 0 Å². The number of β-amino-alcohol motifs (C(OH)–C–C–N with tert-alkyl or cyclic N) is 1. The molecule has 8 nitrogen and oxygen atoms in total. The van der Waals surface area contributed by atoms with Crippen molar-refractivity contribution in [1.29, 1.82) is 0 Å². The van der Waals surface area contributed by atoms with E-state index in [0.717, 1.165) is 6.20 Å². The lowest BCUT2D eigenvalue weighted by Gasteiger charge is -2.36. The zero-order valence-electron chi connectivity index (χ0n) is 18.5. The monoisotopic (exact) mass is 501 g/mol. The van der Waals surface area contributed by atoms with Crippen molar-refractivity contribution in [3.8, 4) is 5.75 Å². The van der Waals surface area contributed by atoms with Gasteiger partial charge in [-0.2, -0.15) is 0 Å². The number of amides is 1. The lowest BCUT2D eigenvalue weighted by molar-refractivity contribution is -0.274. The number of benzene rings is 1. The summed E-state index contributed by atoms with van der Waals surface area (Å²) in [4.78, 5) is 23.4. The number of aromatic nitrogens is 3. The molecule has 186 valence electrons. The molecule has 5 rings (SSSR count). The molecule has 36 heavy (non-hydrogen) atoms. The molecule has 1 aliphatic rings. The van der Waals surface area contributed by atoms with Crippen LogP contribution in [-0.2, 0) is 6.54 Å². The van der Waals surface area contributed by atoms with Crippen LogP contribution in [0.25, 0.3) is 11.0 Å². The molecule has 0 radical (unpaired) electrons. The fourth-order valence-electron chi connectivity index (χ4n) is 3.98. The highest BCUT2D eigenvalue weighted by molar-refractivity contribution is 6.06. The lowest BCUT2D eigenvalue weighted by atomic mass is 10.2. The highest BCUT2D eigenvalue weighted by atomic mass is 19.4. The van der Waals surface area contributed by atoms with Crippen LogP contribution in [0.15, 0.2) is 60.9 Å². The van der Waals surface area contributed by atoms with Crippen molar-refractivity contribution in [2.45, 2.75) is 19.0 Å². The molecule has 4 aromatic rings. The summed E-state index contributed by atoms with van der Waals surface area (Å²) in [7, 11) is 0. The van der Waals surface area contributed by atoms with E-state index in [-0.39, 0.29) is 24.0 Å². The summed E-state index contributed by atoms with van der Waals surface area (Å²) in [5, 5.41) is 12.5. The van der Waals surface area contributed by atoms with E-state index in [9.17, 15) is 27.5 Å². The van der Waals surface area contributed by atoms with Crippen LogP contribution in [0.5, 0.6) is 5.75 Å². The third-order valence-electron chi connectivity index (χ3n) is 5.60. The molecule has 1 aliphatic heterocycles. The Morgan fingerprint density at radius 3 is 2.61 bits per heavy atom. The molecule has 0 spiro atoms. The van der Waals surface area contributed by atoms with Gasteiger partial charge in [-0.25, -0.2) is 14.4 Å². The van der Waals surface area contributed by atoms with Gasteiger partial charge in [0, 0.05) is 25.0 Å². The van der Waals surface area contributed by atoms with Crippen LogP contribution >= 0.6 is 0 Å². The number of nitrogens with zero attached hydrogens (tertiary/aromatic N) is 4. The van der Waals surface area contributed by atoms with Crippen LogP contribution in [0, 0.1) is 5.82 Å². The first-order chi connectivity index (χ1) is 17.1. The molecule has 12 heteroatoms. The number of hydrogen-bond donors (Lipinski definition) is 2. The van der Waals surface area contributed by atoms with E-state index in [1.807, 2.05) is 4.90 Å². The molecule has 0 atom stereocenters. The Bertz CT molecular complexity index is 1420. The van der Waals surface area contributed by atoms with Crippen molar-refractivity contribution < 1.29 is 32.2 Å². The number of ether oxygens (including phenoxy) is 1. The van der Waals surface area contributed by atoms with Crippen molar-refractivity contribution >= 4 is 28.4 Å². The first-order valence-electron chi connectivity index (χ1n) is 10.8. The van der Waals surface area contributed by atoms with Crippen molar-refractivity contribution in [3.63, 3.8) is 0 Å². The Morgan fingerprint density at radius 2 is 1.92 bits per heavy atom. The molecule has 2 N–H and O–H groups in total. The molecular formula is C24H19F4N5O3. The predicted molar refractivity (Wildman–Crippen MR) is 122 cm³/mol. The summed E-state index contributed by atoms with van der Waals surface area (Å²) >= 11 is 0. The fraction of sp³-hybridized carbons (Fsp3) is 0.208. The van der Waals surface area contributed by atoms with Gasteiger partial charge in [0.2, 0.25) is 0 Å². The van der Waals surface area contributed by atoms with Crippen LogP contribution in [0.1, 0.15) is 16.1 Å². The number of rotatable bonds is 6. The van der Waals surface area contributed by atoms with Crippen LogP contribution in [0.3, 0.4) is 0 Å². The summed E-state index contributed by atoms with van der Waals surface area (Å²) < 4.78 is 57.2. The Balaban J connectivity index is 1.42. The van der Waals surface area contributed by atoms with Gasteiger partial charge in [0.05, 0.1) is 24.2 Å². The van der Waals surface area contributed by atoms with Crippen LogP contribution in [-0.4, -0.2) is 51.1 Å². The number of carbonyl (C=O) groups is 1. The van der Waals surface area contributed by atoms with E-state index in [0.29, 0.717) is 35.5 Å². The standard InChI is InChI=1S/C24H19F4N5O3/c25-16-7-15-8-20(23(35)31-17-4-5-21(29-10-17)32-12-18(34)13-32)33(22(15)30-9-16)11-14-2-1-3-19(6-14)36-24(26,27)28/h1-10,18,34H,11-13H2,(H,31,35). The zero-order valence-corrected chi connectivity index (χ0v) is 18.5. The van der Waals surface area contributed by atoms with Gasteiger partial charge in [0.15, 0.2) is 0 Å². The topological polar surface area (TPSA) is 92.5 Å². The number of pyridine rings is 2. The van der Waals surface area contributed by atoms with E-state index in [1.54, 1.807) is 18.2 Å². The molecule has 0 saturated carbocycles. The summed E-state index contributed by atoms with van der Waals surface area (Å²) in [6.45, 7) is 0.948. The minimum atomic E-state index is -4.85. The second-order valence-corrected chi connectivity index (χ2v) is 8.30. The SMILES string of the molecule is O=C(Nc1ccc(N2CC(O)C2)nc1)c1cc2cc(F)cnc2n1Cc1cccc(OC(F)(F)F)c1. The minimum absolute atomic E-state index is 0.0194. The van der Waals surface area contributed by atoms with Gasteiger partial charge >= 0.3 is 6.36 Å². The first kappa shape index (κ1) is 23.5. The average molecular weight is 501 g/mol. The number of nitrogens with one attached hydrogen (secondary N) is 1. The number of carbonyl (C=O) groups excluding carboxylic acids is 1. The maximum atomic E-state index is 13.8.